The Labute approximate surface area is 248 Å². The Morgan fingerprint density at radius 1 is 0.905 bits per heavy atom. The van der Waals surface area contributed by atoms with Crippen LogP contribution in [0.2, 0.25) is 0 Å². The van der Waals surface area contributed by atoms with E-state index in [2.05, 4.69) is 5.32 Å². The molecule has 224 valence electrons. The Hall–Kier alpha value is -3.72. The molecule has 1 saturated carbocycles. The number of nitrogens with one attached hydrogen (secondary N) is 1. The first-order valence-electron chi connectivity index (χ1n) is 14.6. The number of benzene rings is 3. The van der Waals surface area contributed by atoms with Crippen LogP contribution in [0.15, 0.2) is 77.7 Å². The second-order valence-corrected chi connectivity index (χ2v) is 12.9. The van der Waals surface area contributed by atoms with Crippen LogP contribution in [-0.2, 0) is 26.2 Å². The zero-order chi connectivity index (χ0) is 30.3. The molecule has 2 amide bonds. The number of halogens is 1. The molecule has 0 saturated heterocycles. The number of hydrogen-bond acceptors (Lipinski definition) is 4. The van der Waals surface area contributed by atoms with E-state index >= 15 is 4.39 Å². The normalized spacial score (nSPS) is 14.7. The van der Waals surface area contributed by atoms with Gasteiger partial charge in [-0.25, -0.2) is 12.8 Å². The second-order valence-electron chi connectivity index (χ2n) is 11.1. The first-order valence-corrected chi connectivity index (χ1v) is 16.0. The summed E-state index contributed by atoms with van der Waals surface area (Å²) >= 11 is 0. The molecule has 9 heteroatoms. The van der Waals surface area contributed by atoms with E-state index < -0.39 is 34.3 Å². The van der Waals surface area contributed by atoms with Crippen molar-refractivity contribution in [2.45, 2.75) is 82.8 Å². The molecule has 0 radical (unpaired) electrons. The third kappa shape index (κ3) is 7.56. The number of aryl methyl sites for hydroxylation is 2. The zero-order valence-corrected chi connectivity index (χ0v) is 25.4. The van der Waals surface area contributed by atoms with E-state index in [-0.39, 0.29) is 29.1 Å². The second kappa shape index (κ2) is 14.0. The van der Waals surface area contributed by atoms with Crippen LogP contribution in [0.25, 0.3) is 0 Å². The summed E-state index contributed by atoms with van der Waals surface area (Å²) in [7, 11) is -4.33. The summed E-state index contributed by atoms with van der Waals surface area (Å²) in [6, 6.07) is 18.5. The van der Waals surface area contributed by atoms with Crippen molar-refractivity contribution in [1.82, 2.24) is 10.2 Å². The number of amides is 2. The molecule has 0 bridgehead atoms. The van der Waals surface area contributed by atoms with Gasteiger partial charge in [-0.15, -0.1) is 0 Å². The third-order valence-electron chi connectivity index (χ3n) is 7.82. The van der Waals surface area contributed by atoms with Gasteiger partial charge in [0.25, 0.3) is 10.0 Å². The highest BCUT2D eigenvalue weighted by Crippen LogP contribution is 2.27. The highest BCUT2D eigenvalue weighted by Gasteiger charge is 2.35. The van der Waals surface area contributed by atoms with Gasteiger partial charge in [0.15, 0.2) is 0 Å². The summed E-state index contributed by atoms with van der Waals surface area (Å²) in [4.78, 5) is 29.1. The molecule has 0 heterocycles. The molecule has 4 rings (SSSR count). The van der Waals surface area contributed by atoms with Crippen molar-refractivity contribution in [2.75, 3.05) is 10.8 Å². The van der Waals surface area contributed by atoms with Crippen molar-refractivity contribution in [3.05, 3.63) is 95.3 Å². The molecule has 0 unspecified atom stereocenters. The number of carbonyl (C=O) groups is 2. The van der Waals surface area contributed by atoms with E-state index in [1.807, 2.05) is 45.0 Å². The van der Waals surface area contributed by atoms with Crippen LogP contribution in [-0.4, -0.2) is 43.8 Å². The van der Waals surface area contributed by atoms with Crippen LogP contribution in [0.1, 0.15) is 62.1 Å². The van der Waals surface area contributed by atoms with Gasteiger partial charge in [0.1, 0.15) is 18.4 Å². The molecular formula is C33H40FN3O4S. The highest BCUT2D eigenvalue weighted by molar-refractivity contribution is 7.92. The van der Waals surface area contributed by atoms with E-state index in [1.165, 1.54) is 35.2 Å². The zero-order valence-electron chi connectivity index (χ0n) is 24.6. The van der Waals surface area contributed by atoms with Gasteiger partial charge in [-0.05, 0) is 62.9 Å². The minimum Gasteiger partial charge on any atom is -0.352 e. The summed E-state index contributed by atoms with van der Waals surface area (Å²) in [5, 5.41) is 3.13. The van der Waals surface area contributed by atoms with Gasteiger partial charge in [-0.1, -0.05) is 85.8 Å². The number of para-hydroxylation sites is 1. The number of rotatable bonds is 11. The smallest absolute Gasteiger partial charge is 0.264 e. The maximum absolute atomic E-state index is 15.1. The van der Waals surface area contributed by atoms with Crippen LogP contribution >= 0.6 is 0 Å². The standard InChI is InChI=1S/C33H40FN3O4S/c1-4-30(33(39)35-27-10-6-5-7-11-27)36(22-26-18-14-24(2)15-19-26)32(38)23-37(31-13-9-8-12-29(31)34)42(40,41)28-20-16-25(3)17-21-28/h8-9,12-21,27,30H,4-7,10-11,22-23H2,1-3H3,(H,35,39)/t30-/m0/s1. The van der Waals surface area contributed by atoms with Gasteiger partial charge in [0.2, 0.25) is 11.8 Å². The molecule has 1 aliphatic carbocycles. The Balaban J connectivity index is 1.71. The molecule has 0 aromatic heterocycles. The van der Waals surface area contributed by atoms with Crippen molar-refractivity contribution in [3.63, 3.8) is 0 Å². The number of sulfonamides is 1. The Morgan fingerprint density at radius 3 is 2.10 bits per heavy atom. The fourth-order valence-corrected chi connectivity index (χ4v) is 6.78. The maximum atomic E-state index is 15.1. The molecule has 3 aromatic carbocycles. The molecule has 1 aliphatic rings. The minimum absolute atomic E-state index is 0.0495. The van der Waals surface area contributed by atoms with Crippen molar-refractivity contribution >= 4 is 27.5 Å². The number of hydrogen-bond donors (Lipinski definition) is 1. The average molecular weight is 594 g/mol. The number of carbonyl (C=O) groups excluding carboxylic acids is 2. The van der Waals surface area contributed by atoms with Gasteiger partial charge < -0.3 is 10.2 Å². The van der Waals surface area contributed by atoms with Gasteiger partial charge in [-0.3, -0.25) is 13.9 Å². The van der Waals surface area contributed by atoms with E-state index in [0.29, 0.717) is 6.42 Å². The molecule has 0 spiro atoms. The summed E-state index contributed by atoms with van der Waals surface area (Å²) in [5.74, 6) is -1.63. The van der Waals surface area contributed by atoms with Crippen LogP contribution in [0, 0.1) is 19.7 Å². The summed E-state index contributed by atoms with van der Waals surface area (Å²) in [6.07, 6.45) is 5.35. The third-order valence-corrected chi connectivity index (χ3v) is 9.59. The Bertz CT molecular complexity index is 1470. The van der Waals surface area contributed by atoms with E-state index in [1.54, 1.807) is 12.1 Å². The van der Waals surface area contributed by atoms with E-state index in [4.69, 9.17) is 0 Å². The lowest BCUT2D eigenvalue weighted by atomic mass is 9.95. The van der Waals surface area contributed by atoms with Crippen LogP contribution in [0.4, 0.5) is 10.1 Å². The van der Waals surface area contributed by atoms with E-state index in [0.717, 1.165) is 59.2 Å². The molecule has 7 nitrogen and oxygen atoms in total. The van der Waals surface area contributed by atoms with Crippen molar-refractivity contribution in [2.24, 2.45) is 0 Å². The van der Waals surface area contributed by atoms with Gasteiger partial charge in [0, 0.05) is 12.6 Å². The Kier molecular flexibility index (Phi) is 10.4. The summed E-state index contributed by atoms with van der Waals surface area (Å²) in [5.41, 5.74) is 2.48. The molecule has 1 atom stereocenters. The SMILES string of the molecule is CC[C@@H](C(=O)NC1CCCCC1)N(Cc1ccc(C)cc1)C(=O)CN(c1ccccc1F)S(=O)(=O)c1ccc(C)cc1. The fraction of sp³-hybridized carbons (Fsp3) is 0.394. The first kappa shape index (κ1) is 31.2. The number of anilines is 1. The lowest BCUT2D eigenvalue weighted by molar-refractivity contribution is -0.140. The Morgan fingerprint density at radius 2 is 1.50 bits per heavy atom. The summed E-state index contributed by atoms with van der Waals surface area (Å²) < 4.78 is 43.7. The summed E-state index contributed by atoms with van der Waals surface area (Å²) in [6.45, 7) is 5.06. The van der Waals surface area contributed by atoms with E-state index in [9.17, 15) is 18.0 Å². The lowest BCUT2D eigenvalue weighted by Gasteiger charge is -2.34. The molecule has 1 N–H and O–H groups in total. The molecule has 3 aromatic rings. The van der Waals surface area contributed by atoms with Crippen LogP contribution in [0.3, 0.4) is 0 Å². The molecule has 42 heavy (non-hydrogen) atoms. The van der Waals surface area contributed by atoms with Crippen LogP contribution in [0.5, 0.6) is 0 Å². The van der Waals surface area contributed by atoms with Gasteiger partial charge in [0.05, 0.1) is 10.6 Å². The lowest BCUT2D eigenvalue weighted by Crippen LogP contribution is -2.54. The van der Waals surface area contributed by atoms with Gasteiger partial charge >= 0.3 is 0 Å². The minimum atomic E-state index is -4.33. The highest BCUT2D eigenvalue weighted by atomic mass is 32.2. The van der Waals surface area contributed by atoms with Crippen molar-refractivity contribution < 1.29 is 22.4 Å². The van der Waals surface area contributed by atoms with Crippen molar-refractivity contribution in [1.29, 1.82) is 0 Å². The maximum Gasteiger partial charge on any atom is 0.264 e. The predicted octanol–water partition coefficient (Wildman–Crippen LogP) is 5.89. The molecular weight excluding hydrogens is 553 g/mol. The van der Waals surface area contributed by atoms with Gasteiger partial charge in [-0.2, -0.15) is 0 Å². The van der Waals surface area contributed by atoms with Crippen molar-refractivity contribution in [3.8, 4) is 0 Å². The van der Waals surface area contributed by atoms with Crippen LogP contribution < -0.4 is 9.62 Å². The topological polar surface area (TPSA) is 86.8 Å². The average Bonchev–Trinajstić information content (AvgIpc) is 2.98. The molecule has 1 fully saturated rings. The number of nitrogens with zero attached hydrogens (tertiary/aromatic N) is 2. The first-order chi connectivity index (χ1) is 20.1. The largest absolute Gasteiger partial charge is 0.352 e. The molecule has 0 aliphatic heterocycles. The fourth-order valence-electron chi connectivity index (χ4n) is 5.36. The quantitative estimate of drug-likeness (QED) is 0.300. The monoisotopic (exact) mass is 593 g/mol. The predicted molar refractivity (Wildman–Crippen MR) is 163 cm³/mol.